The van der Waals surface area contributed by atoms with E-state index >= 15 is 0 Å². The van der Waals surface area contributed by atoms with Gasteiger partial charge in [0.25, 0.3) is 0 Å². The summed E-state index contributed by atoms with van der Waals surface area (Å²) in [7, 11) is 0. The Hall–Kier alpha value is -1.14. The number of amides is 2. The number of likely N-dealkylation sites (tertiary alicyclic amines) is 3. The van der Waals surface area contributed by atoms with Crippen molar-refractivity contribution < 1.29 is 14.7 Å². The fourth-order valence-corrected chi connectivity index (χ4v) is 6.04. The minimum atomic E-state index is -0.0924. The van der Waals surface area contributed by atoms with Crippen LogP contribution in [0.5, 0.6) is 0 Å². The molecule has 3 aliphatic heterocycles. The molecule has 6 heteroatoms. The van der Waals surface area contributed by atoms with Gasteiger partial charge in [-0.2, -0.15) is 0 Å². The molecule has 27 heavy (non-hydrogen) atoms. The number of piperidine rings is 2. The van der Waals surface area contributed by atoms with E-state index in [1.165, 1.54) is 25.7 Å². The zero-order chi connectivity index (χ0) is 19.0. The molecule has 1 aliphatic carbocycles. The van der Waals surface area contributed by atoms with E-state index < -0.39 is 0 Å². The lowest BCUT2D eigenvalue weighted by Crippen LogP contribution is -2.51. The molecule has 3 heterocycles. The molecule has 0 aromatic rings. The summed E-state index contributed by atoms with van der Waals surface area (Å²) in [5, 5.41) is 10.2. The highest BCUT2D eigenvalue weighted by Crippen LogP contribution is 2.44. The van der Waals surface area contributed by atoms with Gasteiger partial charge in [0, 0.05) is 57.0 Å². The van der Waals surface area contributed by atoms with Crippen LogP contribution >= 0.6 is 0 Å². The van der Waals surface area contributed by atoms with E-state index in [1.54, 1.807) is 6.92 Å². The molecular weight excluding hydrogens is 342 g/mol. The predicted molar refractivity (Wildman–Crippen MR) is 103 cm³/mol. The zero-order valence-corrected chi connectivity index (χ0v) is 16.7. The van der Waals surface area contributed by atoms with Crippen molar-refractivity contribution in [3.05, 3.63) is 0 Å². The standard InChI is InChI=1S/C21H35N3O3/c1-16(26)22-9-6-17(7-10-22)20(27)24-13-18-12-23(19-4-2-3-5-19)11-8-21(18,14-24)15-25/h17-19,25H,2-15H2,1H3/t18-,21+/m0/s1. The molecule has 152 valence electrons. The quantitative estimate of drug-likeness (QED) is 0.806. The maximum atomic E-state index is 13.1. The van der Waals surface area contributed by atoms with Crippen LogP contribution in [0.25, 0.3) is 0 Å². The van der Waals surface area contributed by atoms with Crippen molar-refractivity contribution in [2.75, 3.05) is 45.9 Å². The van der Waals surface area contributed by atoms with Gasteiger partial charge in [0.2, 0.25) is 11.8 Å². The molecule has 0 bridgehead atoms. The highest BCUT2D eigenvalue weighted by molar-refractivity contribution is 5.80. The number of rotatable bonds is 3. The van der Waals surface area contributed by atoms with E-state index in [-0.39, 0.29) is 29.8 Å². The Morgan fingerprint density at radius 1 is 1.00 bits per heavy atom. The summed E-state index contributed by atoms with van der Waals surface area (Å²) in [5.74, 6) is 0.813. The Morgan fingerprint density at radius 2 is 1.70 bits per heavy atom. The number of aliphatic hydroxyl groups excluding tert-OH is 1. The molecule has 1 saturated carbocycles. The average molecular weight is 378 g/mol. The van der Waals surface area contributed by atoms with Crippen molar-refractivity contribution in [2.45, 2.75) is 57.9 Å². The molecule has 4 aliphatic rings. The van der Waals surface area contributed by atoms with E-state index in [0.717, 1.165) is 51.5 Å². The van der Waals surface area contributed by atoms with Crippen LogP contribution in [-0.2, 0) is 9.59 Å². The maximum absolute atomic E-state index is 13.1. The Balaban J connectivity index is 1.38. The number of carbonyl (C=O) groups excluding carboxylic acids is 2. The summed E-state index contributed by atoms with van der Waals surface area (Å²) in [6.07, 6.45) is 7.89. The molecule has 0 radical (unpaired) electrons. The zero-order valence-electron chi connectivity index (χ0n) is 16.7. The van der Waals surface area contributed by atoms with E-state index in [1.807, 2.05) is 9.80 Å². The molecule has 6 nitrogen and oxygen atoms in total. The summed E-state index contributed by atoms with van der Waals surface area (Å²) in [4.78, 5) is 31.2. The van der Waals surface area contributed by atoms with Gasteiger partial charge in [-0.25, -0.2) is 0 Å². The van der Waals surface area contributed by atoms with Gasteiger partial charge in [0.15, 0.2) is 0 Å². The predicted octanol–water partition coefficient (Wildman–Crippen LogP) is 1.33. The number of aliphatic hydroxyl groups is 1. The number of hydrogen-bond donors (Lipinski definition) is 1. The molecule has 3 saturated heterocycles. The minimum Gasteiger partial charge on any atom is -0.396 e. The molecule has 0 aromatic heterocycles. The molecule has 0 spiro atoms. The summed E-state index contributed by atoms with van der Waals surface area (Å²) in [6, 6.07) is 0.724. The number of fused-ring (bicyclic) bond motifs is 1. The lowest BCUT2D eigenvalue weighted by molar-refractivity contribution is -0.139. The molecule has 4 rings (SSSR count). The lowest BCUT2D eigenvalue weighted by Gasteiger charge is -2.44. The van der Waals surface area contributed by atoms with E-state index in [2.05, 4.69) is 4.90 Å². The van der Waals surface area contributed by atoms with Gasteiger partial charge in [-0.15, -0.1) is 0 Å². The Bertz CT molecular complexity index is 569. The van der Waals surface area contributed by atoms with Crippen molar-refractivity contribution in [3.8, 4) is 0 Å². The summed E-state index contributed by atoms with van der Waals surface area (Å²) >= 11 is 0. The van der Waals surface area contributed by atoms with Crippen molar-refractivity contribution in [2.24, 2.45) is 17.3 Å². The van der Waals surface area contributed by atoms with Gasteiger partial charge < -0.3 is 14.9 Å². The lowest BCUT2D eigenvalue weighted by atomic mass is 9.73. The van der Waals surface area contributed by atoms with Crippen molar-refractivity contribution in [3.63, 3.8) is 0 Å². The third-order valence-corrected chi connectivity index (χ3v) is 7.92. The van der Waals surface area contributed by atoms with Crippen molar-refractivity contribution in [1.29, 1.82) is 0 Å². The van der Waals surface area contributed by atoms with Gasteiger partial charge in [0.1, 0.15) is 0 Å². The molecule has 0 unspecified atom stereocenters. The first-order chi connectivity index (χ1) is 13.0. The van der Waals surface area contributed by atoms with Crippen LogP contribution in [0.1, 0.15) is 51.9 Å². The fourth-order valence-electron chi connectivity index (χ4n) is 6.04. The monoisotopic (exact) mass is 377 g/mol. The first-order valence-corrected chi connectivity index (χ1v) is 10.9. The smallest absolute Gasteiger partial charge is 0.225 e. The molecule has 1 N–H and O–H groups in total. The van der Waals surface area contributed by atoms with Crippen LogP contribution in [0.3, 0.4) is 0 Å². The SMILES string of the molecule is CC(=O)N1CCC(C(=O)N2C[C@@H]3CN(C4CCCC4)CC[C@]3(CO)C2)CC1. The second-order valence-electron chi connectivity index (χ2n) is 9.40. The highest BCUT2D eigenvalue weighted by Gasteiger charge is 2.51. The van der Waals surface area contributed by atoms with Gasteiger partial charge in [0.05, 0.1) is 6.61 Å². The average Bonchev–Trinajstić information content (AvgIpc) is 3.35. The van der Waals surface area contributed by atoms with Gasteiger partial charge >= 0.3 is 0 Å². The molecule has 0 aromatic carbocycles. The van der Waals surface area contributed by atoms with Crippen LogP contribution in [0.2, 0.25) is 0 Å². The topological polar surface area (TPSA) is 64.1 Å². The molecule has 4 fully saturated rings. The Labute approximate surface area is 162 Å². The fraction of sp³-hybridized carbons (Fsp3) is 0.905. The van der Waals surface area contributed by atoms with E-state index in [0.29, 0.717) is 19.0 Å². The van der Waals surface area contributed by atoms with Gasteiger partial charge in [-0.3, -0.25) is 14.5 Å². The number of hydrogen-bond acceptors (Lipinski definition) is 4. The summed E-state index contributed by atoms with van der Waals surface area (Å²) in [6.45, 7) is 6.83. The maximum Gasteiger partial charge on any atom is 0.225 e. The van der Waals surface area contributed by atoms with Crippen molar-refractivity contribution in [1.82, 2.24) is 14.7 Å². The first-order valence-electron chi connectivity index (χ1n) is 10.9. The first kappa shape index (κ1) is 19.2. The van der Waals surface area contributed by atoms with E-state index in [4.69, 9.17) is 0 Å². The third-order valence-electron chi connectivity index (χ3n) is 7.92. The highest BCUT2D eigenvalue weighted by atomic mass is 16.3. The summed E-state index contributed by atoms with van der Waals surface area (Å²) in [5.41, 5.74) is -0.0924. The largest absolute Gasteiger partial charge is 0.396 e. The summed E-state index contributed by atoms with van der Waals surface area (Å²) < 4.78 is 0. The Morgan fingerprint density at radius 3 is 2.33 bits per heavy atom. The van der Waals surface area contributed by atoms with Crippen LogP contribution in [-0.4, -0.2) is 83.5 Å². The van der Waals surface area contributed by atoms with Gasteiger partial charge in [-0.1, -0.05) is 12.8 Å². The molecule has 2 amide bonds. The second-order valence-corrected chi connectivity index (χ2v) is 9.40. The van der Waals surface area contributed by atoms with E-state index in [9.17, 15) is 14.7 Å². The van der Waals surface area contributed by atoms with Crippen LogP contribution < -0.4 is 0 Å². The van der Waals surface area contributed by atoms with Gasteiger partial charge in [-0.05, 0) is 44.6 Å². The van der Waals surface area contributed by atoms with Crippen LogP contribution in [0.15, 0.2) is 0 Å². The minimum absolute atomic E-state index is 0.0439. The number of carbonyl (C=O) groups is 2. The third kappa shape index (κ3) is 3.63. The molecular formula is C21H35N3O3. The number of nitrogens with zero attached hydrogens (tertiary/aromatic N) is 3. The molecule has 2 atom stereocenters. The van der Waals surface area contributed by atoms with Crippen LogP contribution in [0.4, 0.5) is 0 Å². The second kappa shape index (κ2) is 7.70. The normalized spacial score (nSPS) is 33.5. The van der Waals surface area contributed by atoms with Crippen LogP contribution in [0, 0.1) is 17.3 Å². The van der Waals surface area contributed by atoms with Crippen molar-refractivity contribution >= 4 is 11.8 Å². The Kier molecular flexibility index (Phi) is 5.48.